The molecule has 6 nitrogen and oxygen atoms in total. The molecule has 3 atom stereocenters. The molecule has 0 N–H and O–H groups in total. The second kappa shape index (κ2) is 19.9. The molecule has 0 aliphatic carbocycles. The van der Waals surface area contributed by atoms with Crippen molar-refractivity contribution in [2.24, 2.45) is 0 Å². The zero-order valence-corrected chi connectivity index (χ0v) is 42.7. The summed E-state index contributed by atoms with van der Waals surface area (Å²) in [6.07, 6.45) is 1.91. The van der Waals surface area contributed by atoms with Gasteiger partial charge in [-0.05, 0) is 140 Å². The molecule has 0 saturated carbocycles. The van der Waals surface area contributed by atoms with Crippen LogP contribution >= 0.6 is 0 Å². The number of benzene rings is 1. The highest BCUT2D eigenvalue weighted by Crippen LogP contribution is 2.32. The summed E-state index contributed by atoms with van der Waals surface area (Å²) >= 11 is 0. The summed E-state index contributed by atoms with van der Waals surface area (Å²) in [5, 5.41) is 1.11. The SMILES string of the molecule is C=Cc1ccc([Si](O[Si](C)(C)CC[SiH](C)O[SiH](C)C)(O[Si](C)(C)CC[SiH](C)O[SiH](C)C)O[Si](C)(C)CC[SiH](C)O[SiH](C)C)cc1. The highest BCUT2D eigenvalue weighted by molar-refractivity contribution is 6.96. The maximum atomic E-state index is 7.58. The van der Waals surface area contributed by atoms with Gasteiger partial charge < -0.3 is 24.7 Å². The molecular weight excluding hydrogens is 725 g/mol. The molecule has 262 valence electrons. The van der Waals surface area contributed by atoms with E-state index in [1.165, 1.54) is 0 Å². The first kappa shape index (κ1) is 43.9. The summed E-state index contributed by atoms with van der Waals surface area (Å²) in [5.41, 5.74) is 1.10. The van der Waals surface area contributed by atoms with Gasteiger partial charge >= 0.3 is 8.80 Å². The van der Waals surface area contributed by atoms with Crippen LogP contribution in [0.1, 0.15) is 5.56 Å². The zero-order chi connectivity index (χ0) is 34.6. The van der Waals surface area contributed by atoms with E-state index in [0.717, 1.165) is 47.0 Å². The molecule has 0 amide bonds. The Morgan fingerprint density at radius 2 is 0.822 bits per heavy atom. The average molecular weight is 796 g/mol. The molecule has 0 saturated heterocycles. The van der Waals surface area contributed by atoms with Crippen molar-refractivity contribution in [1.29, 1.82) is 0 Å². The molecule has 0 aliphatic heterocycles. The van der Waals surface area contributed by atoms with Crippen LogP contribution in [-0.2, 0) is 24.7 Å². The van der Waals surface area contributed by atoms with Gasteiger partial charge in [-0.1, -0.05) is 36.9 Å². The molecule has 0 spiro atoms. The van der Waals surface area contributed by atoms with E-state index in [0.29, 0.717) is 0 Å². The third kappa shape index (κ3) is 18.5. The van der Waals surface area contributed by atoms with Crippen molar-refractivity contribution in [2.75, 3.05) is 0 Å². The third-order valence-electron chi connectivity index (χ3n) is 7.70. The van der Waals surface area contributed by atoms with E-state index >= 15 is 0 Å². The average Bonchev–Trinajstić information content (AvgIpc) is 2.88. The van der Waals surface area contributed by atoms with E-state index in [9.17, 15) is 0 Å². The molecule has 45 heavy (non-hydrogen) atoms. The normalized spacial score (nSPS) is 16.7. The Hall–Kier alpha value is 0.889. The second-order valence-electron chi connectivity index (χ2n) is 15.6. The summed E-state index contributed by atoms with van der Waals surface area (Å²) in [6.45, 7) is 39.0. The van der Waals surface area contributed by atoms with Crippen LogP contribution in [0, 0.1) is 0 Å². The van der Waals surface area contributed by atoms with E-state index in [4.69, 9.17) is 24.7 Å². The Kier molecular flexibility index (Phi) is 19.4. The Balaban J connectivity index is 3.59. The quantitative estimate of drug-likeness (QED) is 0.109. The Morgan fingerprint density at radius 1 is 0.533 bits per heavy atom. The smallest absolute Gasteiger partial charge is 0.461 e. The standard InChI is InChI=1S/C29H70O6Si10/c1-17-28-18-20-29(21-19-28)45(33-42(11,12)25-22-39(8)30-36(2)3,34-43(13,14)26-23-40(9)31-37(4)5)35-44(15,16)27-24-41(10)32-38(6)7/h17-21,36-41H,1,22-27H2,2-16H3. The van der Waals surface area contributed by atoms with Gasteiger partial charge in [0.15, 0.2) is 79.2 Å². The minimum atomic E-state index is -3.32. The molecule has 0 aromatic heterocycles. The molecule has 1 aromatic rings. The van der Waals surface area contributed by atoms with Crippen LogP contribution in [0.3, 0.4) is 0 Å². The summed E-state index contributed by atoms with van der Waals surface area (Å²) in [7, 11) is -16.7. The second-order valence-corrected chi connectivity index (χ2v) is 47.9. The third-order valence-corrected chi connectivity index (χ3v) is 40.2. The van der Waals surface area contributed by atoms with Gasteiger partial charge in [0, 0.05) is 5.19 Å². The number of hydrogen-bond donors (Lipinski definition) is 0. The van der Waals surface area contributed by atoms with Crippen molar-refractivity contribution in [1.82, 2.24) is 0 Å². The largest absolute Gasteiger partial charge is 0.505 e. The lowest BCUT2D eigenvalue weighted by atomic mass is 10.2. The van der Waals surface area contributed by atoms with E-state index in [1.807, 2.05) is 6.08 Å². The van der Waals surface area contributed by atoms with E-state index in [2.05, 4.69) is 129 Å². The van der Waals surface area contributed by atoms with E-state index in [1.54, 1.807) is 0 Å². The first-order valence-corrected chi connectivity index (χ1v) is 44.1. The molecule has 0 aliphatic rings. The van der Waals surface area contributed by atoms with Gasteiger partial charge in [-0.2, -0.15) is 0 Å². The summed E-state index contributed by atoms with van der Waals surface area (Å²) in [4.78, 5) is 0. The lowest BCUT2D eigenvalue weighted by Crippen LogP contribution is -2.68. The van der Waals surface area contributed by atoms with Gasteiger partial charge in [0.1, 0.15) is 0 Å². The number of hydrogen-bond acceptors (Lipinski definition) is 6. The highest BCUT2D eigenvalue weighted by Gasteiger charge is 2.54. The maximum absolute atomic E-state index is 7.58. The molecule has 0 fully saturated rings. The fraction of sp³-hybridized carbons (Fsp3) is 0.724. The van der Waals surface area contributed by atoms with Crippen LogP contribution in [0.5, 0.6) is 0 Å². The van der Waals surface area contributed by atoms with Gasteiger partial charge in [0.2, 0.25) is 0 Å². The van der Waals surface area contributed by atoms with Crippen molar-refractivity contribution in [3.05, 3.63) is 36.4 Å². The van der Waals surface area contributed by atoms with Crippen molar-refractivity contribution in [2.45, 2.75) is 134 Å². The van der Waals surface area contributed by atoms with E-state index < -0.39 is 88.0 Å². The highest BCUT2D eigenvalue weighted by atomic mass is 28.5. The maximum Gasteiger partial charge on any atom is 0.505 e. The molecule has 1 aromatic carbocycles. The lowest BCUT2D eigenvalue weighted by molar-refractivity contribution is 0.268. The van der Waals surface area contributed by atoms with Crippen molar-refractivity contribution in [3.8, 4) is 0 Å². The number of rotatable bonds is 23. The van der Waals surface area contributed by atoms with Gasteiger partial charge in [-0.3, -0.25) is 0 Å². The first-order valence-electron chi connectivity index (χ1n) is 17.4. The van der Waals surface area contributed by atoms with Crippen LogP contribution in [0.4, 0.5) is 0 Å². The molecule has 0 bridgehead atoms. The predicted octanol–water partition coefficient (Wildman–Crippen LogP) is 7.20. The van der Waals surface area contributed by atoms with Crippen molar-refractivity contribution >= 4 is 99.3 Å². The van der Waals surface area contributed by atoms with Gasteiger partial charge in [-0.25, -0.2) is 0 Å². The molecule has 3 unspecified atom stereocenters. The lowest BCUT2D eigenvalue weighted by Gasteiger charge is -2.45. The molecule has 0 radical (unpaired) electrons. The molecular formula is C29H70O6Si10. The predicted molar refractivity (Wildman–Crippen MR) is 225 cm³/mol. The monoisotopic (exact) mass is 794 g/mol. The Morgan fingerprint density at radius 3 is 1.07 bits per heavy atom. The van der Waals surface area contributed by atoms with Crippen LogP contribution in [0.15, 0.2) is 30.8 Å². The molecule has 16 heteroatoms. The summed E-state index contributed by atoms with van der Waals surface area (Å²) in [6, 6.07) is 15.4. The van der Waals surface area contributed by atoms with Crippen molar-refractivity contribution in [3.63, 3.8) is 0 Å². The van der Waals surface area contributed by atoms with Gasteiger partial charge in [0.25, 0.3) is 0 Å². The zero-order valence-electron chi connectivity index (χ0n) is 31.8. The minimum absolute atomic E-state index is 1.03. The van der Waals surface area contributed by atoms with Crippen LogP contribution in [0.2, 0.25) is 134 Å². The molecule has 1 rings (SSSR count). The van der Waals surface area contributed by atoms with Gasteiger partial charge in [0.05, 0.1) is 0 Å². The van der Waals surface area contributed by atoms with Crippen molar-refractivity contribution < 1.29 is 24.7 Å². The minimum Gasteiger partial charge on any atom is -0.461 e. The Labute approximate surface area is 293 Å². The van der Waals surface area contributed by atoms with Gasteiger partial charge in [-0.15, -0.1) is 0 Å². The Bertz CT molecular complexity index is 911. The van der Waals surface area contributed by atoms with Crippen LogP contribution in [-0.4, -0.2) is 88.0 Å². The van der Waals surface area contributed by atoms with Crippen LogP contribution in [0.25, 0.3) is 6.08 Å². The van der Waals surface area contributed by atoms with E-state index in [-0.39, 0.29) is 0 Å². The first-order chi connectivity index (χ1) is 20.6. The fourth-order valence-corrected chi connectivity index (χ4v) is 45.1. The topological polar surface area (TPSA) is 55.4 Å². The van der Waals surface area contributed by atoms with Crippen LogP contribution < -0.4 is 5.19 Å². The fourth-order valence-electron chi connectivity index (χ4n) is 5.56. The summed E-state index contributed by atoms with van der Waals surface area (Å²) < 4.78 is 41.9. The molecule has 0 heterocycles. The summed E-state index contributed by atoms with van der Waals surface area (Å²) in [5.74, 6) is 0.